The molecule has 1 unspecified atom stereocenters. The van der Waals surface area contributed by atoms with Crippen LogP contribution in [0, 0.1) is 6.92 Å². The van der Waals surface area contributed by atoms with Gasteiger partial charge in [-0.2, -0.15) is 4.73 Å². The predicted octanol–water partition coefficient (Wildman–Crippen LogP) is 5.03. The number of hydrogen-bond acceptors (Lipinski definition) is 5. The highest BCUT2D eigenvalue weighted by Crippen LogP contribution is 2.33. The molecule has 0 saturated heterocycles. The normalized spacial score (nSPS) is 11.8. The third-order valence-corrected chi connectivity index (χ3v) is 5.22. The van der Waals surface area contributed by atoms with E-state index < -0.39 is 5.56 Å². The summed E-state index contributed by atoms with van der Waals surface area (Å²) in [5.74, 6) is 1.53. The molecule has 0 aliphatic rings. The van der Waals surface area contributed by atoms with Crippen LogP contribution in [0.5, 0.6) is 11.5 Å². The third-order valence-electron chi connectivity index (χ3n) is 4.30. The second-order valence-corrected chi connectivity index (χ2v) is 6.97. The highest BCUT2D eigenvalue weighted by molar-refractivity contribution is 8.00. The number of hydrogen-bond donors (Lipinski definition) is 1. The zero-order valence-corrected chi connectivity index (χ0v) is 16.3. The summed E-state index contributed by atoms with van der Waals surface area (Å²) in [6.07, 6.45) is 3.28. The van der Waals surface area contributed by atoms with E-state index in [1.165, 1.54) is 23.7 Å². The van der Waals surface area contributed by atoms with Crippen LogP contribution in [0.15, 0.2) is 71.7 Å². The van der Waals surface area contributed by atoms with E-state index in [4.69, 9.17) is 4.74 Å². The average Bonchev–Trinajstić information content (AvgIpc) is 2.67. The largest absolute Gasteiger partial charge is 0.457 e. The number of benzene rings is 2. The molecule has 0 amide bonds. The Kier molecular flexibility index (Phi) is 5.76. The minimum atomic E-state index is -0.414. The van der Waals surface area contributed by atoms with Crippen molar-refractivity contribution >= 4 is 17.6 Å². The first-order valence-corrected chi connectivity index (χ1v) is 9.76. The van der Waals surface area contributed by atoms with E-state index in [1.807, 2.05) is 72.9 Å². The summed E-state index contributed by atoms with van der Waals surface area (Å²) in [6.45, 7) is 3.97. The van der Waals surface area contributed by atoms with Crippen molar-refractivity contribution in [2.45, 2.75) is 19.9 Å². The predicted molar refractivity (Wildman–Crippen MR) is 110 cm³/mol. The minimum Gasteiger partial charge on any atom is -0.457 e. The lowest BCUT2D eigenvalue weighted by molar-refractivity contribution is 0.173. The molecular weight excluding hydrogens is 360 g/mol. The quantitative estimate of drug-likeness (QED) is 0.478. The van der Waals surface area contributed by atoms with Crippen molar-refractivity contribution in [3.8, 4) is 11.5 Å². The molecule has 0 aliphatic heterocycles. The molecule has 5 nitrogen and oxygen atoms in total. The Morgan fingerprint density at radius 2 is 1.63 bits per heavy atom. The van der Waals surface area contributed by atoms with Gasteiger partial charge in [-0.3, -0.25) is 4.79 Å². The van der Waals surface area contributed by atoms with Crippen molar-refractivity contribution in [3.63, 3.8) is 0 Å². The van der Waals surface area contributed by atoms with Crippen LogP contribution in [-0.4, -0.2) is 16.2 Å². The maximum Gasteiger partial charge on any atom is 0.288 e. The first-order chi connectivity index (χ1) is 13.0. The topological polar surface area (TPSA) is 54.7 Å². The van der Waals surface area contributed by atoms with E-state index in [9.17, 15) is 10.0 Å². The summed E-state index contributed by atoms with van der Waals surface area (Å²) in [4.78, 5) is 12.2. The molecule has 27 heavy (non-hydrogen) atoms. The van der Waals surface area contributed by atoms with Gasteiger partial charge in [-0.25, -0.2) is 0 Å². The highest BCUT2D eigenvalue weighted by Gasteiger charge is 2.19. The molecule has 1 heterocycles. The monoisotopic (exact) mass is 382 g/mol. The van der Waals surface area contributed by atoms with Crippen LogP contribution in [0.3, 0.4) is 0 Å². The molecule has 3 rings (SSSR count). The first kappa shape index (κ1) is 18.9. The van der Waals surface area contributed by atoms with Crippen LogP contribution >= 0.6 is 11.9 Å². The maximum atomic E-state index is 12.2. The Bertz CT molecular complexity index is 952. The van der Waals surface area contributed by atoms with Crippen molar-refractivity contribution in [1.82, 2.24) is 4.73 Å². The van der Waals surface area contributed by atoms with Crippen LogP contribution in [0.1, 0.15) is 24.1 Å². The van der Waals surface area contributed by atoms with E-state index in [2.05, 4.69) is 0 Å². The highest BCUT2D eigenvalue weighted by atomic mass is 32.2. The Labute approximate surface area is 162 Å². The molecule has 0 saturated carbocycles. The zero-order chi connectivity index (χ0) is 19.4. The van der Waals surface area contributed by atoms with Crippen molar-refractivity contribution < 1.29 is 9.94 Å². The maximum absolute atomic E-state index is 12.2. The zero-order valence-electron chi connectivity index (χ0n) is 15.5. The standard InChI is InChI=1S/C21H22N2O3S/c1-15-6-10-18(11-7-15)26-19-12-8-17(9-13-19)23(27-3)16(2)20-5-4-14-22(25)21(20)24/h4-14,16,25H,1-3H3. The SMILES string of the molecule is CSN(c1ccc(Oc2ccc(C)cc2)cc1)C(C)c1cccn(O)c1=O. The van der Waals surface area contributed by atoms with Gasteiger partial charge in [0.1, 0.15) is 11.5 Å². The Balaban J connectivity index is 1.80. The number of aromatic nitrogens is 1. The second-order valence-electron chi connectivity index (χ2n) is 6.21. The van der Waals surface area contributed by atoms with Crippen molar-refractivity contribution in [2.75, 3.05) is 10.6 Å². The molecule has 0 aliphatic carbocycles. The van der Waals surface area contributed by atoms with Crippen LogP contribution in [0.25, 0.3) is 0 Å². The molecule has 140 valence electrons. The van der Waals surface area contributed by atoms with E-state index >= 15 is 0 Å². The van der Waals surface area contributed by atoms with Crippen LogP contribution in [-0.2, 0) is 0 Å². The van der Waals surface area contributed by atoms with Gasteiger partial charge in [-0.1, -0.05) is 29.6 Å². The number of rotatable bonds is 6. The van der Waals surface area contributed by atoms with E-state index in [-0.39, 0.29) is 6.04 Å². The van der Waals surface area contributed by atoms with E-state index in [0.717, 1.165) is 17.2 Å². The van der Waals surface area contributed by atoms with Crippen molar-refractivity contribution in [2.24, 2.45) is 0 Å². The van der Waals surface area contributed by atoms with Gasteiger partial charge in [0.2, 0.25) is 0 Å². The van der Waals surface area contributed by atoms with E-state index in [0.29, 0.717) is 10.3 Å². The van der Waals surface area contributed by atoms with Gasteiger partial charge in [0, 0.05) is 23.7 Å². The van der Waals surface area contributed by atoms with Gasteiger partial charge in [-0.15, -0.1) is 0 Å². The smallest absolute Gasteiger partial charge is 0.288 e. The lowest BCUT2D eigenvalue weighted by Gasteiger charge is -2.28. The summed E-state index contributed by atoms with van der Waals surface area (Å²) in [5, 5.41) is 9.63. The van der Waals surface area contributed by atoms with Gasteiger partial charge < -0.3 is 14.2 Å². The minimum absolute atomic E-state index is 0.212. The molecule has 6 heteroatoms. The molecule has 0 radical (unpaired) electrons. The number of ether oxygens (including phenoxy) is 1. The average molecular weight is 382 g/mol. The summed E-state index contributed by atoms with van der Waals surface area (Å²) >= 11 is 1.51. The lowest BCUT2D eigenvalue weighted by atomic mass is 10.1. The number of anilines is 1. The van der Waals surface area contributed by atoms with Crippen LogP contribution < -0.4 is 14.6 Å². The van der Waals surface area contributed by atoms with E-state index in [1.54, 1.807) is 12.1 Å². The first-order valence-electron chi connectivity index (χ1n) is 8.58. The molecule has 1 N–H and O–H groups in total. The van der Waals surface area contributed by atoms with Crippen LogP contribution in [0.2, 0.25) is 0 Å². The fourth-order valence-corrected chi connectivity index (χ4v) is 3.60. The van der Waals surface area contributed by atoms with Gasteiger partial charge in [0.25, 0.3) is 5.56 Å². The molecule has 1 aromatic heterocycles. The number of nitrogens with zero attached hydrogens (tertiary/aromatic N) is 2. The Hall–Kier alpha value is -2.86. The summed E-state index contributed by atoms with van der Waals surface area (Å²) in [5.41, 5.74) is 2.24. The number of aryl methyl sites for hydroxylation is 1. The van der Waals surface area contributed by atoms with Crippen molar-refractivity contribution in [3.05, 3.63) is 88.3 Å². The summed E-state index contributed by atoms with van der Waals surface area (Å²) in [7, 11) is 0. The second kappa shape index (κ2) is 8.22. The lowest BCUT2D eigenvalue weighted by Crippen LogP contribution is -2.28. The van der Waals surface area contributed by atoms with Gasteiger partial charge >= 0.3 is 0 Å². The molecular formula is C21H22N2O3S. The van der Waals surface area contributed by atoms with Crippen LogP contribution in [0.4, 0.5) is 5.69 Å². The van der Waals surface area contributed by atoms with Gasteiger partial charge in [-0.05, 0) is 62.4 Å². The molecule has 2 aromatic carbocycles. The molecule has 0 fully saturated rings. The fourth-order valence-electron chi connectivity index (χ4n) is 2.83. The molecule has 0 bridgehead atoms. The Morgan fingerprint density at radius 3 is 2.22 bits per heavy atom. The Morgan fingerprint density at radius 1 is 1.04 bits per heavy atom. The van der Waals surface area contributed by atoms with Gasteiger partial charge in [0.05, 0.1) is 6.04 Å². The summed E-state index contributed by atoms with van der Waals surface area (Å²) in [6, 6.07) is 18.8. The van der Waals surface area contributed by atoms with Gasteiger partial charge in [0.15, 0.2) is 0 Å². The fraction of sp³-hybridized carbons (Fsp3) is 0.190. The molecule has 1 atom stereocenters. The summed E-state index contributed by atoms with van der Waals surface area (Å²) < 4.78 is 8.50. The molecule has 3 aromatic rings. The third kappa shape index (κ3) is 4.28. The molecule has 0 spiro atoms. The van der Waals surface area contributed by atoms with Crippen molar-refractivity contribution in [1.29, 1.82) is 0 Å². The number of pyridine rings is 1.